The highest BCUT2D eigenvalue weighted by Crippen LogP contribution is 2.62. The van der Waals surface area contributed by atoms with Gasteiger partial charge in [-0.3, -0.25) is 0 Å². The molecule has 0 amide bonds. The van der Waals surface area contributed by atoms with E-state index in [0.29, 0.717) is 0 Å². The molecular formula is C30H20Cl2F26N2. The molecule has 2 atom stereocenters. The maximum absolute atomic E-state index is 14.9. The van der Waals surface area contributed by atoms with Crippen molar-refractivity contribution in [2.45, 2.75) is 109 Å². The Morgan fingerprint density at radius 1 is 0.333 bits per heavy atom. The van der Waals surface area contributed by atoms with Gasteiger partial charge in [0.05, 0.1) is 0 Å². The van der Waals surface area contributed by atoms with E-state index in [1.807, 2.05) is 10.6 Å². The molecule has 60 heavy (non-hydrogen) atoms. The zero-order chi connectivity index (χ0) is 47.4. The van der Waals surface area contributed by atoms with E-state index in [1.165, 1.54) is 0 Å². The van der Waals surface area contributed by atoms with Crippen molar-refractivity contribution >= 4 is 34.6 Å². The summed E-state index contributed by atoms with van der Waals surface area (Å²) in [5, 5.41) is 3.57. The normalized spacial score (nSPS) is 16.1. The van der Waals surface area contributed by atoms with Gasteiger partial charge in [0.15, 0.2) is 0 Å². The third-order valence-electron chi connectivity index (χ3n) is 8.41. The van der Waals surface area contributed by atoms with Crippen molar-refractivity contribution in [1.82, 2.24) is 0 Å². The van der Waals surface area contributed by atoms with Crippen LogP contribution in [0.4, 0.5) is 126 Å². The van der Waals surface area contributed by atoms with Crippen LogP contribution in [0.5, 0.6) is 0 Å². The molecular weight excluding hydrogens is 953 g/mol. The van der Waals surface area contributed by atoms with Crippen molar-refractivity contribution < 1.29 is 114 Å². The molecule has 2 N–H and O–H groups in total. The second-order valence-corrected chi connectivity index (χ2v) is 13.5. The first kappa shape index (κ1) is 52.9. The average molecular weight is 973 g/mol. The third-order valence-corrected chi connectivity index (χ3v) is 8.92. The van der Waals surface area contributed by atoms with Gasteiger partial charge in [0.25, 0.3) is 0 Å². The largest absolute Gasteiger partial charge is 0.460 e. The van der Waals surface area contributed by atoms with Crippen molar-refractivity contribution in [3.8, 4) is 0 Å². The van der Waals surface area contributed by atoms with Gasteiger partial charge in [0.1, 0.15) is 0 Å². The van der Waals surface area contributed by atoms with E-state index in [9.17, 15) is 114 Å². The van der Waals surface area contributed by atoms with Crippen molar-refractivity contribution in [2.24, 2.45) is 0 Å². The Morgan fingerprint density at radius 3 is 0.767 bits per heavy atom. The van der Waals surface area contributed by atoms with Crippen LogP contribution >= 0.6 is 23.2 Å². The Kier molecular flexibility index (Phi) is 14.6. The van der Waals surface area contributed by atoms with Crippen LogP contribution in [0, 0.1) is 0 Å². The fourth-order valence-corrected chi connectivity index (χ4v) is 5.11. The molecule has 0 fully saturated rings. The summed E-state index contributed by atoms with van der Waals surface area (Å²) < 4.78 is 358. The van der Waals surface area contributed by atoms with Crippen LogP contribution in [0.1, 0.15) is 25.7 Å². The van der Waals surface area contributed by atoms with Gasteiger partial charge in [-0.25, -0.2) is 0 Å². The van der Waals surface area contributed by atoms with Crippen LogP contribution in [0.15, 0.2) is 48.5 Å². The van der Waals surface area contributed by atoms with Gasteiger partial charge in [0, 0.05) is 46.3 Å². The molecule has 0 aliphatic rings. The predicted octanol–water partition coefficient (Wildman–Crippen LogP) is 14.3. The SMILES string of the molecule is FC(F)(F)C(F)(F)C(F)(F)C(F)(F)C(F)(F)C(F)(F)CCC(Nc1ccc(Cl)cc1)C(CCC(F)(F)C(F)(F)C(F)(F)C(F)(F)C(F)(F)C(F)(F)F)Nc1ccc(Cl)cc1. The van der Waals surface area contributed by atoms with E-state index in [1.54, 1.807) is 0 Å². The van der Waals surface area contributed by atoms with E-state index in [4.69, 9.17) is 23.2 Å². The zero-order valence-electron chi connectivity index (χ0n) is 28.2. The number of rotatable bonds is 19. The van der Waals surface area contributed by atoms with E-state index in [-0.39, 0.29) is 10.0 Å². The van der Waals surface area contributed by atoms with Crippen LogP contribution in [0.25, 0.3) is 0 Å². The molecule has 2 aromatic carbocycles. The van der Waals surface area contributed by atoms with Gasteiger partial charge >= 0.3 is 71.6 Å². The molecule has 0 aliphatic carbocycles. The molecule has 346 valence electrons. The number of halogens is 28. The zero-order valence-corrected chi connectivity index (χ0v) is 29.7. The lowest BCUT2D eigenvalue weighted by Crippen LogP contribution is -2.70. The number of benzene rings is 2. The first-order valence-electron chi connectivity index (χ1n) is 15.4. The molecule has 0 bridgehead atoms. The van der Waals surface area contributed by atoms with Gasteiger partial charge < -0.3 is 10.6 Å². The summed E-state index contributed by atoms with van der Waals surface area (Å²) in [4.78, 5) is 0. The summed E-state index contributed by atoms with van der Waals surface area (Å²) in [6.45, 7) is 0. The minimum absolute atomic E-state index is 0.200. The smallest absolute Gasteiger partial charge is 0.380 e. The van der Waals surface area contributed by atoms with Crippen LogP contribution in [0.2, 0.25) is 10.0 Å². The topological polar surface area (TPSA) is 24.1 Å². The third kappa shape index (κ3) is 9.27. The Bertz CT molecular complexity index is 1610. The minimum atomic E-state index is -8.36. The molecule has 2 aromatic rings. The van der Waals surface area contributed by atoms with Crippen LogP contribution in [-0.2, 0) is 0 Å². The molecule has 0 heterocycles. The molecule has 2 unspecified atom stereocenters. The fraction of sp³-hybridized carbons (Fsp3) is 0.600. The summed E-state index contributed by atoms with van der Waals surface area (Å²) in [5.41, 5.74) is -1.14. The lowest BCUT2D eigenvalue weighted by molar-refractivity contribution is -0.440. The van der Waals surface area contributed by atoms with Gasteiger partial charge in [-0.15, -0.1) is 0 Å². The summed E-state index contributed by atoms with van der Waals surface area (Å²) in [7, 11) is 0. The lowest BCUT2D eigenvalue weighted by Gasteiger charge is -2.41. The van der Waals surface area contributed by atoms with E-state index >= 15 is 0 Å². The first-order valence-corrected chi connectivity index (χ1v) is 16.1. The van der Waals surface area contributed by atoms with Crippen LogP contribution < -0.4 is 10.6 Å². The lowest BCUT2D eigenvalue weighted by atomic mass is 9.87. The van der Waals surface area contributed by atoms with Gasteiger partial charge in [-0.1, -0.05) is 23.2 Å². The fourth-order valence-electron chi connectivity index (χ4n) is 4.86. The Morgan fingerprint density at radius 2 is 0.550 bits per heavy atom. The van der Waals surface area contributed by atoms with Gasteiger partial charge in [-0.05, 0) is 61.4 Å². The first-order chi connectivity index (χ1) is 26.4. The van der Waals surface area contributed by atoms with E-state index in [2.05, 4.69) is 0 Å². The number of anilines is 2. The Balaban J connectivity index is 2.73. The molecule has 2 rings (SSSR count). The molecule has 0 radical (unpaired) electrons. The summed E-state index contributed by atoms with van der Waals surface area (Å²) in [6, 6.07) is 1.40. The molecule has 0 aliphatic heterocycles. The van der Waals surface area contributed by atoms with E-state index < -0.39 is 121 Å². The maximum atomic E-state index is 14.9. The number of nitrogens with one attached hydrogen (secondary N) is 2. The maximum Gasteiger partial charge on any atom is 0.460 e. The van der Waals surface area contributed by atoms with Gasteiger partial charge in [0.2, 0.25) is 0 Å². The van der Waals surface area contributed by atoms with E-state index in [0.717, 1.165) is 48.5 Å². The molecule has 30 heteroatoms. The van der Waals surface area contributed by atoms with Crippen LogP contribution in [0.3, 0.4) is 0 Å². The summed E-state index contributed by atoms with van der Waals surface area (Å²) in [6.07, 6.45) is -26.0. The van der Waals surface area contributed by atoms with Crippen LogP contribution in [-0.4, -0.2) is 83.7 Å². The summed E-state index contributed by atoms with van der Waals surface area (Å²) in [5.74, 6) is -79.1. The molecule has 0 spiro atoms. The van der Waals surface area contributed by atoms with Crippen molar-refractivity contribution in [2.75, 3.05) is 10.6 Å². The number of alkyl halides is 26. The highest BCUT2D eigenvalue weighted by Gasteiger charge is 2.92. The van der Waals surface area contributed by atoms with Crippen molar-refractivity contribution in [3.63, 3.8) is 0 Å². The van der Waals surface area contributed by atoms with Crippen molar-refractivity contribution in [3.05, 3.63) is 58.6 Å². The molecule has 0 saturated carbocycles. The summed E-state index contributed by atoms with van der Waals surface area (Å²) >= 11 is 11.3. The average Bonchev–Trinajstić information content (AvgIpc) is 3.08. The Labute approximate surface area is 327 Å². The highest BCUT2D eigenvalue weighted by molar-refractivity contribution is 6.30. The number of hydrogen-bond donors (Lipinski definition) is 2. The second kappa shape index (κ2) is 16.5. The van der Waals surface area contributed by atoms with Crippen molar-refractivity contribution in [1.29, 1.82) is 0 Å². The molecule has 0 saturated heterocycles. The van der Waals surface area contributed by atoms with Gasteiger partial charge in [-0.2, -0.15) is 114 Å². The number of hydrogen-bond acceptors (Lipinski definition) is 2. The predicted molar refractivity (Wildman–Crippen MR) is 158 cm³/mol. The quantitative estimate of drug-likeness (QED) is 0.137. The monoisotopic (exact) mass is 972 g/mol. The standard InChI is InChI=1S/C30H20Cl2F26N2/c31-13-1-5-15(6-2-13)59-17(9-11-19(33,34)21(37,38)23(41,42)25(45,46)27(49,50)29(53,54)55)18(60-16-7-3-14(32)4-8-16)10-12-20(35,36)22(39,40)24(43,44)26(47,48)28(51,52)30(56,57)58/h1-8,17-18,59-60H,9-12H2. The second-order valence-electron chi connectivity index (χ2n) is 12.6. The minimum Gasteiger partial charge on any atom is -0.380 e. The molecule has 2 nitrogen and oxygen atoms in total. The Hall–Kier alpha value is -3.20. The molecule has 0 aromatic heterocycles. The highest BCUT2D eigenvalue weighted by atomic mass is 35.5.